The van der Waals surface area contributed by atoms with Gasteiger partial charge in [0.15, 0.2) is 0 Å². The van der Waals surface area contributed by atoms with E-state index in [2.05, 4.69) is 14.7 Å². The molecule has 0 saturated heterocycles. The molecule has 0 fully saturated rings. The number of pyridine rings is 1. The minimum Gasteiger partial charge on any atom is -0.469 e. The van der Waals surface area contributed by atoms with Crippen molar-refractivity contribution in [3.8, 4) is 0 Å². The maximum absolute atomic E-state index is 11.0. The van der Waals surface area contributed by atoms with E-state index in [1.807, 2.05) is 18.3 Å². The van der Waals surface area contributed by atoms with Crippen LogP contribution in [0.4, 0.5) is 0 Å². The Hall–Kier alpha value is -1.84. The Labute approximate surface area is 87.3 Å². The van der Waals surface area contributed by atoms with Crippen LogP contribution in [0.1, 0.15) is 12.0 Å². The summed E-state index contributed by atoms with van der Waals surface area (Å²) in [6.07, 6.45) is 4.71. The summed E-state index contributed by atoms with van der Waals surface area (Å²) in [5, 5.41) is 1.07. The highest BCUT2D eigenvalue weighted by molar-refractivity contribution is 5.80. The Morgan fingerprint density at radius 3 is 3.27 bits per heavy atom. The molecule has 0 radical (unpaired) electrons. The smallest absolute Gasteiger partial charge is 0.305 e. The number of nitrogens with one attached hydrogen (secondary N) is 1. The molecule has 0 amide bonds. The van der Waals surface area contributed by atoms with Gasteiger partial charge in [-0.05, 0) is 24.1 Å². The first-order valence-electron chi connectivity index (χ1n) is 4.79. The van der Waals surface area contributed by atoms with Crippen molar-refractivity contribution in [3.63, 3.8) is 0 Å². The van der Waals surface area contributed by atoms with Gasteiger partial charge in [-0.2, -0.15) is 0 Å². The zero-order valence-electron chi connectivity index (χ0n) is 8.49. The number of methoxy groups -OCH3 is 1. The molecule has 0 unspecified atom stereocenters. The van der Waals surface area contributed by atoms with Gasteiger partial charge in [0.1, 0.15) is 5.65 Å². The Kier molecular flexibility index (Phi) is 2.67. The number of aromatic amines is 1. The van der Waals surface area contributed by atoms with Crippen LogP contribution < -0.4 is 0 Å². The minimum atomic E-state index is -0.187. The second kappa shape index (κ2) is 4.13. The standard InChI is InChI=1S/C11H12N2O2/c1-15-10(14)5-4-8-7-13-11-9(8)3-2-6-12-11/h2-3,6-7H,4-5H2,1H3,(H,12,13). The third-order valence-corrected chi connectivity index (χ3v) is 2.36. The number of hydrogen-bond donors (Lipinski definition) is 1. The van der Waals surface area contributed by atoms with Crippen molar-refractivity contribution in [1.29, 1.82) is 0 Å². The molecular formula is C11H12N2O2. The summed E-state index contributed by atoms with van der Waals surface area (Å²) in [6, 6.07) is 3.88. The van der Waals surface area contributed by atoms with Gasteiger partial charge in [-0.1, -0.05) is 0 Å². The highest BCUT2D eigenvalue weighted by atomic mass is 16.5. The average molecular weight is 204 g/mol. The number of carbonyl (C=O) groups excluding carboxylic acids is 1. The van der Waals surface area contributed by atoms with Gasteiger partial charge in [0.25, 0.3) is 0 Å². The number of ether oxygens (including phenoxy) is 1. The van der Waals surface area contributed by atoms with Crippen molar-refractivity contribution in [3.05, 3.63) is 30.1 Å². The molecule has 0 aliphatic carbocycles. The van der Waals surface area contributed by atoms with Crippen molar-refractivity contribution >= 4 is 17.0 Å². The van der Waals surface area contributed by atoms with Gasteiger partial charge >= 0.3 is 5.97 Å². The molecule has 4 nitrogen and oxygen atoms in total. The predicted molar refractivity (Wildman–Crippen MR) is 56.4 cm³/mol. The van der Waals surface area contributed by atoms with Crippen LogP contribution in [-0.2, 0) is 16.0 Å². The Bertz CT molecular complexity index is 476. The lowest BCUT2D eigenvalue weighted by molar-refractivity contribution is -0.140. The van der Waals surface area contributed by atoms with E-state index in [1.165, 1.54) is 7.11 Å². The van der Waals surface area contributed by atoms with Crippen LogP contribution in [0.5, 0.6) is 0 Å². The summed E-state index contributed by atoms with van der Waals surface area (Å²) in [5.74, 6) is -0.187. The molecule has 0 bridgehead atoms. The fraction of sp³-hybridized carbons (Fsp3) is 0.273. The zero-order valence-corrected chi connectivity index (χ0v) is 8.49. The van der Waals surface area contributed by atoms with Gasteiger partial charge < -0.3 is 9.72 Å². The first-order valence-corrected chi connectivity index (χ1v) is 4.79. The quantitative estimate of drug-likeness (QED) is 0.774. The van der Waals surface area contributed by atoms with Gasteiger partial charge in [-0.15, -0.1) is 0 Å². The van der Waals surface area contributed by atoms with E-state index >= 15 is 0 Å². The molecule has 2 aromatic rings. The molecule has 1 N–H and O–H groups in total. The number of aromatic nitrogens is 2. The lowest BCUT2D eigenvalue weighted by Crippen LogP contribution is -2.01. The molecule has 15 heavy (non-hydrogen) atoms. The molecular weight excluding hydrogens is 192 g/mol. The van der Waals surface area contributed by atoms with E-state index in [9.17, 15) is 4.79 Å². The molecule has 78 valence electrons. The largest absolute Gasteiger partial charge is 0.469 e. The molecule has 2 aromatic heterocycles. The SMILES string of the molecule is COC(=O)CCc1c[nH]c2ncccc12. The van der Waals surface area contributed by atoms with Crippen molar-refractivity contribution in [1.82, 2.24) is 9.97 Å². The first-order chi connectivity index (χ1) is 7.31. The number of fused-ring (bicyclic) bond motifs is 1. The molecule has 0 aromatic carbocycles. The van der Waals surface area contributed by atoms with Crippen LogP contribution in [0.15, 0.2) is 24.5 Å². The van der Waals surface area contributed by atoms with Crippen LogP contribution >= 0.6 is 0 Å². The minimum absolute atomic E-state index is 0.187. The van der Waals surface area contributed by atoms with E-state index < -0.39 is 0 Å². The monoisotopic (exact) mass is 204 g/mol. The Morgan fingerprint density at radius 1 is 1.60 bits per heavy atom. The van der Waals surface area contributed by atoms with Crippen molar-refractivity contribution < 1.29 is 9.53 Å². The zero-order chi connectivity index (χ0) is 10.7. The molecule has 0 saturated carbocycles. The lowest BCUT2D eigenvalue weighted by Gasteiger charge is -1.98. The van der Waals surface area contributed by atoms with Crippen molar-refractivity contribution in [2.75, 3.05) is 7.11 Å². The average Bonchev–Trinajstić information content (AvgIpc) is 2.69. The summed E-state index contributed by atoms with van der Waals surface area (Å²) in [6.45, 7) is 0. The van der Waals surface area contributed by atoms with E-state index in [-0.39, 0.29) is 5.97 Å². The van der Waals surface area contributed by atoms with Crippen LogP contribution in [0.3, 0.4) is 0 Å². The first kappa shape index (κ1) is 9.71. The maximum atomic E-state index is 11.0. The fourth-order valence-corrected chi connectivity index (χ4v) is 1.56. The Morgan fingerprint density at radius 2 is 2.47 bits per heavy atom. The summed E-state index contributed by atoms with van der Waals surface area (Å²) in [7, 11) is 1.40. The molecule has 2 heterocycles. The fourth-order valence-electron chi connectivity index (χ4n) is 1.56. The number of nitrogens with zero attached hydrogens (tertiary/aromatic N) is 1. The summed E-state index contributed by atoms with van der Waals surface area (Å²) < 4.78 is 4.60. The van der Waals surface area contributed by atoms with E-state index in [0.29, 0.717) is 12.8 Å². The summed E-state index contributed by atoms with van der Waals surface area (Å²) in [4.78, 5) is 18.2. The van der Waals surface area contributed by atoms with Gasteiger partial charge in [-0.25, -0.2) is 4.98 Å². The third-order valence-electron chi connectivity index (χ3n) is 2.36. The summed E-state index contributed by atoms with van der Waals surface area (Å²) in [5.41, 5.74) is 1.96. The second-order valence-corrected chi connectivity index (χ2v) is 3.29. The number of hydrogen-bond acceptors (Lipinski definition) is 3. The molecule has 0 spiro atoms. The number of rotatable bonds is 3. The molecule has 2 rings (SSSR count). The number of carbonyl (C=O) groups is 1. The Balaban J connectivity index is 2.18. The van der Waals surface area contributed by atoms with Gasteiger partial charge in [0.05, 0.1) is 7.11 Å². The lowest BCUT2D eigenvalue weighted by atomic mass is 10.1. The van der Waals surface area contributed by atoms with Crippen LogP contribution in [0.25, 0.3) is 11.0 Å². The number of esters is 1. The summed E-state index contributed by atoms with van der Waals surface area (Å²) >= 11 is 0. The van der Waals surface area contributed by atoms with Gasteiger partial charge in [0, 0.05) is 24.2 Å². The predicted octanol–water partition coefficient (Wildman–Crippen LogP) is 1.67. The van der Waals surface area contributed by atoms with E-state index in [4.69, 9.17) is 0 Å². The number of aryl methyl sites for hydroxylation is 1. The molecule has 0 aliphatic rings. The highest BCUT2D eigenvalue weighted by Gasteiger charge is 2.06. The van der Waals surface area contributed by atoms with Crippen molar-refractivity contribution in [2.45, 2.75) is 12.8 Å². The van der Waals surface area contributed by atoms with Crippen LogP contribution in [0, 0.1) is 0 Å². The second-order valence-electron chi connectivity index (χ2n) is 3.29. The highest BCUT2D eigenvalue weighted by Crippen LogP contribution is 2.17. The maximum Gasteiger partial charge on any atom is 0.305 e. The topological polar surface area (TPSA) is 55.0 Å². The van der Waals surface area contributed by atoms with Crippen molar-refractivity contribution in [2.24, 2.45) is 0 Å². The van der Waals surface area contributed by atoms with E-state index in [1.54, 1.807) is 6.20 Å². The molecule has 0 aliphatic heterocycles. The van der Waals surface area contributed by atoms with E-state index in [0.717, 1.165) is 16.6 Å². The van der Waals surface area contributed by atoms with Crippen LogP contribution in [0.2, 0.25) is 0 Å². The number of H-pyrrole nitrogens is 1. The third kappa shape index (κ3) is 1.98. The normalized spacial score (nSPS) is 10.5. The molecule has 0 atom stereocenters. The van der Waals surface area contributed by atoms with Gasteiger partial charge in [-0.3, -0.25) is 4.79 Å². The van der Waals surface area contributed by atoms with Gasteiger partial charge in [0.2, 0.25) is 0 Å². The molecule has 4 heteroatoms. The van der Waals surface area contributed by atoms with Crippen LogP contribution in [-0.4, -0.2) is 23.0 Å².